The summed E-state index contributed by atoms with van der Waals surface area (Å²) in [6, 6.07) is 12.2. The van der Waals surface area contributed by atoms with E-state index in [2.05, 4.69) is 10.2 Å². The minimum Gasteiger partial charge on any atom is -0.480 e. The standard InChI is InChI=1S/C20H15Cl3N4O4S/c21-13-8-14(22)10-16(9-13)32(30,31)27(11-20(28)29)15-1-2-17-12(7-15)5-6-26(17)19-4-3-18(23)24-25-19/h1-4,7-10H,5-6,11H2,(H,28,29). The molecule has 1 aromatic heterocycles. The lowest BCUT2D eigenvalue weighted by Crippen LogP contribution is -2.35. The van der Waals surface area contributed by atoms with Crippen molar-refractivity contribution in [3.05, 3.63) is 69.3 Å². The van der Waals surface area contributed by atoms with Crippen LogP contribution in [0.25, 0.3) is 0 Å². The van der Waals surface area contributed by atoms with Gasteiger partial charge in [-0.1, -0.05) is 34.8 Å². The van der Waals surface area contributed by atoms with Gasteiger partial charge in [0.1, 0.15) is 6.54 Å². The number of nitrogens with zero attached hydrogens (tertiary/aromatic N) is 4. The van der Waals surface area contributed by atoms with Gasteiger partial charge in [-0.25, -0.2) is 8.42 Å². The lowest BCUT2D eigenvalue weighted by atomic mass is 10.1. The van der Waals surface area contributed by atoms with E-state index in [0.29, 0.717) is 18.8 Å². The predicted molar refractivity (Wildman–Crippen MR) is 123 cm³/mol. The number of carboxylic acids is 1. The molecule has 0 atom stereocenters. The Balaban J connectivity index is 1.74. The van der Waals surface area contributed by atoms with Crippen molar-refractivity contribution in [2.24, 2.45) is 0 Å². The molecule has 0 unspecified atom stereocenters. The Kier molecular flexibility index (Phi) is 6.17. The number of hydrogen-bond donors (Lipinski definition) is 1. The predicted octanol–water partition coefficient (Wildman–Crippen LogP) is 4.41. The highest BCUT2D eigenvalue weighted by atomic mass is 35.5. The third-order valence-electron chi connectivity index (χ3n) is 4.84. The number of carboxylic acid groups (broad SMARTS) is 1. The van der Waals surface area contributed by atoms with Crippen LogP contribution in [0, 0.1) is 0 Å². The van der Waals surface area contributed by atoms with Crippen molar-refractivity contribution in [1.82, 2.24) is 10.2 Å². The second-order valence-electron chi connectivity index (χ2n) is 6.94. The van der Waals surface area contributed by atoms with Gasteiger partial charge in [-0.3, -0.25) is 9.10 Å². The zero-order chi connectivity index (χ0) is 23.0. The molecule has 8 nitrogen and oxygen atoms in total. The van der Waals surface area contributed by atoms with Crippen LogP contribution >= 0.6 is 34.8 Å². The van der Waals surface area contributed by atoms with Crippen molar-refractivity contribution in [2.45, 2.75) is 11.3 Å². The van der Waals surface area contributed by atoms with Crippen molar-refractivity contribution in [3.8, 4) is 0 Å². The Labute approximate surface area is 199 Å². The van der Waals surface area contributed by atoms with Crippen molar-refractivity contribution in [1.29, 1.82) is 0 Å². The Morgan fingerprint density at radius 3 is 2.38 bits per heavy atom. The highest BCUT2D eigenvalue weighted by Crippen LogP contribution is 2.37. The molecule has 0 saturated carbocycles. The second kappa shape index (κ2) is 8.74. The number of aromatic nitrogens is 2. The van der Waals surface area contributed by atoms with Gasteiger partial charge < -0.3 is 10.0 Å². The molecule has 2 heterocycles. The molecule has 0 radical (unpaired) electrons. The van der Waals surface area contributed by atoms with E-state index in [1.165, 1.54) is 18.2 Å². The van der Waals surface area contributed by atoms with Crippen LogP contribution in [0.2, 0.25) is 15.2 Å². The largest absolute Gasteiger partial charge is 0.480 e. The lowest BCUT2D eigenvalue weighted by Gasteiger charge is -2.24. The first-order chi connectivity index (χ1) is 15.1. The molecular weight excluding hydrogens is 499 g/mol. The maximum atomic E-state index is 13.3. The molecule has 0 spiro atoms. The van der Waals surface area contributed by atoms with Crippen LogP contribution in [0.5, 0.6) is 0 Å². The number of carbonyl (C=O) groups is 1. The van der Waals surface area contributed by atoms with Gasteiger partial charge in [0.05, 0.1) is 10.6 Å². The van der Waals surface area contributed by atoms with Crippen molar-refractivity contribution in [2.75, 3.05) is 22.3 Å². The van der Waals surface area contributed by atoms with E-state index < -0.39 is 22.5 Å². The van der Waals surface area contributed by atoms with Crippen LogP contribution < -0.4 is 9.21 Å². The average Bonchev–Trinajstić information content (AvgIpc) is 3.15. The molecule has 0 bridgehead atoms. The number of hydrogen-bond acceptors (Lipinski definition) is 6. The van der Waals surface area contributed by atoms with Gasteiger partial charge in [0, 0.05) is 22.3 Å². The SMILES string of the molecule is O=C(O)CN(c1ccc2c(c1)CCN2c1ccc(Cl)nn1)S(=O)(=O)c1cc(Cl)cc(Cl)c1. The molecule has 0 saturated heterocycles. The van der Waals surface area contributed by atoms with E-state index in [-0.39, 0.29) is 25.8 Å². The number of halogens is 3. The average molecular weight is 514 g/mol. The number of aliphatic carboxylic acids is 1. The molecule has 32 heavy (non-hydrogen) atoms. The van der Waals surface area contributed by atoms with E-state index in [1.807, 2.05) is 4.90 Å². The van der Waals surface area contributed by atoms with Gasteiger partial charge >= 0.3 is 5.97 Å². The summed E-state index contributed by atoms with van der Waals surface area (Å²) in [5.74, 6) is -0.704. The van der Waals surface area contributed by atoms with Gasteiger partial charge in [-0.05, 0) is 60.5 Å². The van der Waals surface area contributed by atoms with Gasteiger partial charge in [0.2, 0.25) is 0 Å². The first-order valence-corrected chi connectivity index (χ1v) is 11.8. The molecule has 1 aliphatic rings. The van der Waals surface area contributed by atoms with E-state index in [1.54, 1.807) is 30.3 Å². The van der Waals surface area contributed by atoms with Crippen LogP contribution in [0.1, 0.15) is 5.56 Å². The van der Waals surface area contributed by atoms with Crippen LogP contribution in [-0.2, 0) is 21.2 Å². The summed E-state index contributed by atoms with van der Waals surface area (Å²) in [6.07, 6.45) is 0.609. The third kappa shape index (κ3) is 4.47. The van der Waals surface area contributed by atoms with Gasteiger partial charge in [-0.2, -0.15) is 0 Å². The Bertz CT molecular complexity index is 1280. The third-order valence-corrected chi connectivity index (χ3v) is 7.23. The normalized spacial score (nSPS) is 13.2. The highest BCUT2D eigenvalue weighted by molar-refractivity contribution is 7.92. The molecule has 166 valence electrons. The number of fused-ring (bicyclic) bond motifs is 1. The number of sulfonamides is 1. The monoisotopic (exact) mass is 512 g/mol. The molecule has 0 fully saturated rings. The Hall–Kier alpha value is -2.59. The zero-order valence-electron chi connectivity index (χ0n) is 16.2. The van der Waals surface area contributed by atoms with Crippen LogP contribution in [-0.4, -0.2) is 42.8 Å². The molecule has 4 rings (SSSR count). The summed E-state index contributed by atoms with van der Waals surface area (Å²) in [6.45, 7) is -0.164. The fourth-order valence-electron chi connectivity index (χ4n) is 3.48. The molecule has 1 N–H and O–H groups in total. The minimum absolute atomic E-state index is 0.125. The molecule has 12 heteroatoms. The van der Waals surface area contributed by atoms with Crippen LogP contribution in [0.3, 0.4) is 0 Å². The Morgan fingerprint density at radius 2 is 1.75 bits per heavy atom. The first kappa shape index (κ1) is 22.6. The smallest absolute Gasteiger partial charge is 0.324 e. The molecular formula is C20H15Cl3N4O4S. The summed E-state index contributed by atoms with van der Waals surface area (Å²) in [5.41, 5.74) is 1.88. The van der Waals surface area contributed by atoms with E-state index in [9.17, 15) is 18.3 Å². The lowest BCUT2D eigenvalue weighted by molar-refractivity contribution is -0.135. The van der Waals surface area contributed by atoms with Crippen LogP contribution in [0.15, 0.2) is 53.4 Å². The fraction of sp³-hybridized carbons (Fsp3) is 0.150. The van der Waals surface area contributed by atoms with E-state index >= 15 is 0 Å². The maximum absolute atomic E-state index is 13.3. The first-order valence-electron chi connectivity index (χ1n) is 9.25. The van der Waals surface area contributed by atoms with Gasteiger partial charge in [-0.15, -0.1) is 10.2 Å². The topological polar surface area (TPSA) is 104 Å². The summed E-state index contributed by atoms with van der Waals surface area (Å²) in [7, 11) is -4.25. The quantitative estimate of drug-likeness (QED) is 0.520. The zero-order valence-corrected chi connectivity index (χ0v) is 19.3. The summed E-state index contributed by atoms with van der Waals surface area (Å²) in [4.78, 5) is 13.2. The second-order valence-corrected chi connectivity index (χ2v) is 10.1. The van der Waals surface area contributed by atoms with Crippen molar-refractivity contribution < 1.29 is 18.3 Å². The molecule has 3 aromatic rings. The summed E-state index contributed by atoms with van der Waals surface area (Å²) in [5, 5.41) is 17.8. The van der Waals surface area contributed by atoms with Gasteiger partial charge in [0.25, 0.3) is 10.0 Å². The van der Waals surface area contributed by atoms with E-state index in [4.69, 9.17) is 34.8 Å². The van der Waals surface area contributed by atoms with E-state index in [0.717, 1.165) is 15.6 Å². The molecule has 0 aliphatic carbocycles. The highest BCUT2D eigenvalue weighted by Gasteiger charge is 2.30. The number of anilines is 3. The summed E-state index contributed by atoms with van der Waals surface area (Å²) >= 11 is 17.7. The van der Waals surface area contributed by atoms with Crippen molar-refractivity contribution in [3.63, 3.8) is 0 Å². The molecule has 1 aliphatic heterocycles. The number of benzene rings is 2. The fourth-order valence-corrected chi connectivity index (χ4v) is 5.71. The molecule has 0 amide bonds. The Morgan fingerprint density at radius 1 is 1.03 bits per heavy atom. The van der Waals surface area contributed by atoms with Crippen molar-refractivity contribution >= 4 is 68.0 Å². The number of rotatable bonds is 6. The van der Waals surface area contributed by atoms with Gasteiger partial charge in [0.15, 0.2) is 11.0 Å². The maximum Gasteiger partial charge on any atom is 0.324 e. The summed E-state index contributed by atoms with van der Waals surface area (Å²) < 4.78 is 27.4. The minimum atomic E-state index is -4.25. The van der Waals surface area contributed by atoms with Crippen LogP contribution in [0.4, 0.5) is 17.2 Å². The molecule has 2 aromatic carbocycles.